The van der Waals surface area contributed by atoms with E-state index in [0.717, 1.165) is 47.3 Å². The SMILES string of the molecule is CCc1cc2c(ccc3c(CC)nn(CC(C)N)c32)o1. The van der Waals surface area contributed by atoms with Crippen molar-refractivity contribution in [2.45, 2.75) is 46.2 Å². The summed E-state index contributed by atoms with van der Waals surface area (Å²) in [5, 5.41) is 7.09. The first kappa shape index (κ1) is 13.2. The fourth-order valence-electron chi connectivity index (χ4n) is 2.75. The minimum atomic E-state index is 0.0793. The molecule has 2 N–H and O–H groups in total. The van der Waals surface area contributed by atoms with E-state index in [1.165, 1.54) is 5.39 Å². The molecule has 3 rings (SSSR count). The Balaban J connectivity index is 2.33. The van der Waals surface area contributed by atoms with Gasteiger partial charge in [0.2, 0.25) is 0 Å². The molecule has 0 fully saturated rings. The number of fused-ring (bicyclic) bond motifs is 3. The van der Waals surface area contributed by atoms with Gasteiger partial charge in [-0.25, -0.2) is 0 Å². The lowest BCUT2D eigenvalue weighted by Crippen LogP contribution is -2.22. The van der Waals surface area contributed by atoms with Gasteiger partial charge in [-0.1, -0.05) is 13.8 Å². The molecule has 0 saturated carbocycles. The van der Waals surface area contributed by atoms with Crippen LogP contribution in [0.2, 0.25) is 0 Å². The number of furan rings is 1. The van der Waals surface area contributed by atoms with Crippen LogP contribution in [0.3, 0.4) is 0 Å². The van der Waals surface area contributed by atoms with Crippen molar-refractivity contribution in [1.82, 2.24) is 9.78 Å². The van der Waals surface area contributed by atoms with Crippen LogP contribution in [0.4, 0.5) is 0 Å². The van der Waals surface area contributed by atoms with Crippen LogP contribution < -0.4 is 5.73 Å². The zero-order chi connectivity index (χ0) is 14.3. The average Bonchev–Trinajstić information content (AvgIpc) is 2.98. The highest BCUT2D eigenvalue weighted by Gasteiger charge is 2.15. The van der Waals surface area contributed by atoms with Gasteiger partial charge < -0.3 is 10.2 Å². The number of rotatable bonds is 4. The molecule has 2 aromatic heterocycles. The fraction of sp³-hybridized carbons (Fsp3) is 0.438. The number of nitrogens with two attached hydrogens (primary N) is 1. The van der Waals surface area contributed by atoms with E-state index in [2.05, 4.69) is 26.0 Å². The van der Waals surface area contributed by atoms with Gasteiger partial charge in [-0.15, -0.1) is 0 Å². The summed E-state index contributed by atoms with van der Waals surface area (Å²) in [4.78, 5) is 0. The van der Waals surface area contributed by atoms with Crippen LogP contribution in [0.5, 0.6) is 0 Å². The van der Waals surface area contributed by atoms with Crippen molar-refractivity contribution in [3.05, 3.63) is 29.7 Å². The van der Waals surface area contributed by atoms with Crippen molar-refractivity contribution in [2.75, 3.05) is 0 Å². The van der Waals surface area contributed by atoms with Gasteiger partial charge in [0.25, 0.3) is 0 Å². The van der Waals surface area contributed by atoms with E-state index in [4.69, 9.17) is 15.2 Å². The molecule has 0 aliphatic carbocycles. The van der Waals surface area contributed by atoms with E-state index in [-0.39, 0.29) is 6.04 Å². The van der Waals surface area contributed by atoms with Crippen LogP contribution in [-0.2, 0) is 19.4 Å². The Hall–Kier alpha value is -1.81. The van der Waals surface area contributed by atoms with Crippen LogP contribution in [0.15, 0.2) is 22.6 Å². The molecule has 0 saturated heterocycles. The molecule has 0 radical (unpaired) electrons. The van der Waals surface area contributed by atoms with Crippen molar-refractivity contribution in [3.63, 3.8) is 0 Å². The zero-order valence-electron chi connectivity index (χ0n) is 12.3. The van der Waals surface area contributed by atoms with E-state index >= 15 is 0 Å². The molecule has 0 spiro atoms. The Morgan fingerprint density at radius 1 is 1.25 bits per heavy atom. The third kappa shape index (κ3) is 2.00. The average molecular weight is 271 g/mol. The second-order valence-corrected chi connectivity index (χ2v) is 5.40. The molecule has 3 aromatic rings. The first-order valence-corrected chi connectivity index (χ1v) is 7.30. The summed E-state index contributed by atoms with van der Waals surface area (Å²) < 4.78 is 7.89. The normalized spacial score (nSPS) is 13.4. The lowest BCUT2D eigenvalue weighted by molar-refractivity contribution is 0.548. The topological polar surface area (TPSA) is 57.0 Å². The number of aromatic nitrogens is 2. The molecular formula is C16H21N3O. The maximum absolute atomic E-state index is 5.96. The predicted molar refractivity (Wildman–Crippen MR) is 81.9 cm³/mol. The van der Waals surface area contributed by atoms with Crippen molar-refractivity contribution in [3.8, 4) is 0 Å². The Morgan fingerprint density at radius 3 is 2.70 bits per heavy atom. The number of hydrogen-bond acceptors (Lipinski definition) is 3. The standard InChI is InChI=1S/C16H21N3O/c1-4-11-8-13-15(20-11)7-6-12-14(5-2)18-19(16(12)13)9-10(3)17/h6-8,10H,4-5,9,17H2,1-3H3. The van der Waals surface area contributed by atoms with Gasteiger partial charge in [-0.2, -0.15) is 5.10 Å². The summed E-state index contributed by atoms with van der Waals surface area (Å²) in [5.41, 5.74) is 9.17. The third-order valence-electron chi connectivity index (χ3n) is 3.68. The molecule has 106 valence electrons. The second kappa shape index (κ2) is 4.94. The fourth-order valence-corrected chi connectivity index (χ4v) is 2.75. The highest BCUT2D eigenvalue weighted by molar-refractivity contribution is 6.04. The van der Waals surface area contributed by atoms with Crippen molar-refractivity contribution in [1.29, 1.82) is 0 Å². The van der Waals surface area contributed by atoms with Crippen LogP contribution in [0.1, 0.15) is 32.2 Å². The van der Waals surface area contributed by atoms with Crippen molar-refractivity contribution in [2.24, 2.45) is 5.73 Å². The minimum absolute atomic E-state index is 0.0793. The van der Waals surface area contributed by atoms with Crippen molar-refractivity contribution >= 4 is 21.9 Å². The lowest BCUT2D eigenvalue weighted by Gasteiger charge is -2.06. The van der Waals surface area contributed by atoms with E-state index in [0.29, 0.717) is 0 Å². The molecule has 0 bridgehead atoms. The maximum Gasteiger partial charge on any atom is 0.136 e. The molecule has 1 aromatic carbocycles. The summed E-state index contributed by atoms with van der Waals surface area (Å²) in [6.07, 6.45) is 1.82. The Bertz CT molecular complexity index is 752. The number of benzene rings is 1. The third-order valence-corrected chi connectivity index (χ3v) is 3.68. The molecule has 0 aliphatic rings. The van der Waals surface area contributed by atoms with Crippen LogP contribution in [0.25, 0.3) is 21.9 Å². The van der Waals surface area contributed by atoms with Crippen molar-refractivity contribution < 1.29 is 4.42 Å². The molecular weight excluding hydrogens is 250 g/mol. The molecule has 0 amide bonds. The monoisotopic (exact) mass is 271 g/mol. The van der Waals surface area contributed by atoms with Gasteiger partial charge in [0.05, 0.1) is 17.8 Å². The van der Waals surface area contributed by atoms with Crippen LogP contribution in [0, 0.1) is 0 Å². The summed E-state index contributed by atoms with van der Waals surface area (Å²) in [6, 6.07) is 6.38. The molecule has 1 unspecified atom stereocenters. The highest BCUT2D eigenvalue weighted by atomic mass is 16.3. The highest BCUT2D eigenvalue weighted by Crippen LogP contribution is 2.30. The zero-order valence-corrected chi connectivity index (χ0v) is 12.3. The van der Waals surface area contributed by atoms with Gasteiger partial charge in [0.15, 0.2) is 0 Å². The smallest absolute Gasteiger partial charge is 0.136 e. The van der Waals surface area contributed by atoms with Crippen LogP contribution >= 0.6 is 0 Å². The molecule has 4 heteroatoms. The summed E-state index contributed by atoms with van der Waals surface area (Å²) in [5.74, 6) is 1.01. The Morgan fingerprint density at radius 2 is 2.05 bits per heavy atom. The molecule has 2 heterocycles. The van der Waals surface area contributed by atoms with Gasteiger partial charge in [0.1, 0.15) is 11.3 Å². The summed E-state index contributed by atoms with van der Waals surface area (Å²) in [6.45, 7) is 6.97. The van der Waals surface area contributed by atoms with Gasteiger partial charge in [-0.05, 0) is 31.5 Å². The Labute approximate surface area is 118 Å². The first-order chi connectivity index (χ1) is 9.63. The number of aryl methyl sites for hydroxylation is 2. The second-order valence-electron chi connectivity index (χ2n) is 5.40. The minimum Gasteiger partial charge on any atom is -0.461 e. The first-order valence-electron chi connectivity index (χ1n) is 7.30. The van der Waals surface area contributed by atoms with E-state index < -0.39 is 0 Å². The van der Waals surface area contributed by atoms with Gasteiger partial charge >= 0.3 is 0 Å². The number of hydrogen-bond donors (Lipinski definition) is 1. The molecule has 0 aliphatic heterocycles. The Kier molecular flexibility index (Phi) is 3.26. The predicted octanol–water partition coefficient (Wildman–Crippen LogP) is 3.25. The lowest BCUT2D eigenvalue weighted by atomic mass is 10.1. The van der Waals surface area contributed by atoms with E-state index in [9.17, 15) is 0 Å². The van der Waals surface area contributed by atoms with Gasteiger partial charge in [-0.3, -0.25) is 4.68 Å². The van der Waals surface area contributed by atoms with E-state index in [1.54, 1.807) is 0 Å². The summed E-state index contributed by atoms with van der Waals surface area (Å²) >= 11 is 0. The molecule has 20 heavy (non-hydrogen) atoms. The summed E-state index contributed by atoms with van der Waals surface area (Å²) in [7, 11) is 0. The van der Waals surface area contributed by atoms with Crippen LogP contribution in [-0.4, -0.2) is 15.8 Å². The largest absolute Gasteiger partial charge is 0.461 e. The van der Waals surface area contributed by atoms with Gasteiger partial charge in [0, 0.05) is 23.2 Å². The van der Waals surface area contributed by atoms with E-state index in [1.807, 2.05) is 17.7 Å². The maximum atomic E-state index is 5.96. The quantitative estimate of drug-likeness (QED) is 0.792. The molecule has 1 atom stereocenters. The number of nitrogens with zero attached hydrogens (tertiary/aromatic N) is 2. The molecule has 4 nitrogen and oxygen atoms in total.